The zero-order valence-corrected chi connectivity index (χ0v) is 9.73. The van der Waals surface area contributed by atoms with Crippen molar-refractivity contribution in [2.24, 2.45) is 0 Å². The molecule has 1 aromatic heterocycles. The van der Waals surface area contributed by atoms with Gasteiger partial charge in [0, 0.05) is 0 Å². The molecule has 6 heteroatoms. The molecule has 1 rings (SSSR count). The summed E-state index contributed by atoms with van der Waals surface area (Å²) < 4.78 is 9.58. The van der Waals surface area contributed by atoms with Crippen LogP contribution in [0.3, 0.4) is 0 Å². The van der Waals surface area contributed by atoms with Crippen molar-refractivity contribution < 1.29 is 19.1 Å². The third-order valence-corrected chi connectivity index (χ3v) is 1.90. The molecule has 6 nitrogen and oxygen atoms in total. The summed E-state index contributed by atoms with van der Waals surface area (Å²) in [6.07, 6.45) is 1.43. The molecule has 1 amide bonds. The summed E-state index contributed by atoms with van der Waals surface area (Å²) in [5.41, 5.74) is 0.218. The Bertz CT molecular complexity index is 389. The van der Waals surface area contributed by atoms with Gasteiger partial charge in [-0.1, -0.05) is 0 Å². The van der Waals surface area contributed by atoms with Crippen LogP contribution < -0.4 is 10.1 Å². The van der Waals surface area contributed by atoms with E-state index in [0.29, 0.717) is 5.75 Å². The van der Waals surface area contributed by atoms with Crippen molar-refractivity contribution >= 4 is 11.9 Å². The van der Waals surface area contributed by atoms with E-state index in [1.807, 2.05) is 0 Å². The molecule has 0 aliphatic carbocycles. The smallest absolute Gasteiger partial charge is 0.325 e. The summed E-state index contributed by atoms with van der Waals surface area (Å²) >= 11 is 0. The monoisotopic (exact) mass is 238 g/mol. The van der Waals surface area contributed by atoms with Crippen molar-refractivity contribution in [2.45, 2.75) is 6.92 Å². The number of carbonyl (C=O) groups excluding carboxylic acids is 2. The minimum absolute atomic E-state index is 0.166. The fourth-order valence-electron chi connectivity index (χ4n) is 1.09. The van der Waals surface area contributed by atoms with E-state index in [4.69, 9.17) is 4.74 Å². The number of ether oxygens (including phenoxy) is 2. The quantitative estimate of drug-likeness (QED) is 0.750. The van der Waals surface area contributed by atoms with Crippen LogP contribution >= 0.6 is 0 Å². The number of amides is 1. The molecule has 0 atom stereocenters. The molecule has 92 valence electrons. The molecule has 0 unspecified atom stereocenters. The molecule has 0 saturated carbocycles. The van der Waals surface area contributed by atoms with E-state index in [2.05, 4.69) is 15.0 Å². The molecular weight excluding hydrogens is 224 g/mol. The van der Waals surface area contributed by atoms with Crippen LogP contribution in [-0.2, 0) is 9.53 Å². The minimum atomic E-state index is -0.477. The molecule has 0 aliphatic rings. The van der Waals surface area contributed by atoms with Gasteiger partial charge in [0.05, 0.1) is 19.9 Å². The van der Waals surface area contributed by atoms with Crippen LogP contribution in [0.5, 0.6) is 5.75 Å². The normalized spacial score (nSPS) is 9.53. The summed E-state index contributed by atoms with van der Waals surface area (Å²) in [7, 11) is 1.51. The lowest BCUT2D eigenvalue weighted by Crippen LogP contribution is -2.31. The van der Waals surface area contributed by atoms with Crippen molar-refractivity contribution in [1.29, 1.82) is 0 Å². The third-order valence-electron chi connectivity index (χ3n) is 1.90. The van der Waals surface area contributed by atoms with Crippen molar-refractivity contribution in [2.75, 3.05) is 20.3 Å². The van der Waals surface area contributed by atoms with Crippen molar-refractivity contribution in [3.63, 3.8) is 0 Å². The Labute approximate surface area is 98.9 Å². The van der Waals surface area contributed by atoms with E-state index >= 15 is 0 Å². The van der Waals surface area contributed by atoms with Gasteiger partial charge in [-0.25, -0.2) is 4.98 Å². The van der Waals surface area contributed by atoms with Gasteiger partial charge >= 0.3 is 5.97 Å². The number of rotatable bonds is 5. The molecule has 0 radical (unpaired) electrons. The van der Waals surface area contributed by atoms with Crippen LogP contribution in [-0.4, -0.2) is 37.1 Å². The molecular formula is C11H14N2O4. The average Bonchev–Trinajstić information content (AvgIpc) is 2.36. The lowest BCUT2D eigenvalue weighted by Gasteiger charge is -2.04. The van der Waals surface area contributed by atoms with Gasteiger partial charge in [0.15, 0.2) is 0 Å². The second-order valence-electron chi connectivity index (χ2n) is 3.07. The van der Waals surface area contributed by atoms with E-state index in [9.17, 15) is 9.59 Å². The maximum Gasteiger partial charge on any atom is 0.325 e. The topological polar surface area (TPSA) is 77.5 Å². The molecule has 1 aromatic rings. The summed E-state index contributed by atoms with van der Waals surface area (Å²) in [4.78, 5) is 26.4. The molecule has 0 saturated heterocycles. The van der Waals surface area contributed by atoms with Crippen LogP contribution in [0.25, 0.3) is 0 Å². The first-order valence-electron chi connectivity index (χ1n) is 5.11. The van der Waals surface area contributed by atoms with E-state index < -0.39 is 11.9 Å². The van der Waals surface area contributed by atoms with Gasteiger partial charge in [0.25, 0.3) is 5.91 Å². The first-order valence-corrected chi connectivity index (χ1v) is 5.11. The van der Waals surface area contributed by atoms with Gasteiger partial charge in [-0.3, -0.25) is 9.59 Å². The number of nitrogens with one attached hydrogen (secondary N) is 1. The number of esters is 1. The highest BCUT2D eigenvalue weighted by Crippen LogP contribution is 2.07. The first-order chi connectivity index (χ1) is 8.17. The Morgan fingerprint density at radius 1 is 1.41 bits per heavy atom. The number of methoxy groups -OCH3 is 1. The van der Waals surface area contributed by atoms with Crippen molar-refractivity contribution in [1.82, 2.24) is 10.3 Å². The van der Waals surface area contributed by atoms with Gasteiger partial charge < -0.3 is 14.8 Å². The highest BCUT2D eigenvalue weighted by Gasteiger charge is 2.09. The second kappa shape index (κ2) is 6.47. The van der Waals surface area contributed by atoms with Crippen molar-refractivity contribution in [3.8, 4) is 5.75 Å². The summed E-state index contributed by atoms with van der Waals surface area (Å²) in [6, 6.07) is 3.13. The number of carbonyl (C=O) groups is 2. The predicted octanol–water partition coefficient (Wildman–Crippen LogP) is 0.383. The molecule has 0 bridgehead atoms. The average molecular weight is 238 g/mol. The number of aromatic nitrogens is 1. The Morgan fingerprint density at radius 3 is 2.71 bits per heavy atom. The van der Waals surface area contributed by atoms with Gasteiger partial charge in [-0.2, -0.15) is 0 Å². The molecule has 0 spiro atoms. The van der Waals surface area contributed by atoms with Crippen LogP contribution in [0.4, 0.5) is 0 Å². The van der Waals surface area contributed by atoms with Crippen LogP contribution in [0.1, 0.15) is 17.4 Å². The second-order valence-corrected chi connectivity index (χ2v) is 3.07. The summed E-state index contributed by atoms with van der Waals surface area (Å²) in [5.74, 6) is -0.345. The van der Waals surface area contributed by atoms with Gasteiger partial charge in [0.2, 0.25) is 0 Å². The van der Waals surface area contributed by atoms with Crippen LogP contribution in [0, 0.1) is 0 Å². The van der Waals surface area contributed by atoms with E-state index in [1.165, 1.54) is 19.4 Å². The fourth-order valence-corrected chi connectivity index (χ4v) is 1.09. The van der Waals surface area contributed by atoms with E-state index in [-0.39, 0.29) is 18.8 Å². The summed E-state index contributed by atoms with van der Waals surface area (Å²) in [6.45, 7) is 1.82. The van der Waals surface area contributed by atoms with Gasteiger partial charge in [0.1, 0.15) is 18.0 Å². The number of nitrogens with zero attached hydrogens (tertiary/aromatic N) is 1. The SMILES string of the molecule is CCOC(=O)CNC(=O)c1ccc(OC)cn1. The minimum Gasteiger partial charge on any atom is -0.495 e. The zero-order chi connectivity index (χ0) is 12.7. The Morgan fingerprint density at radius 2 is 2.18 bits per heavy atom. The fraction of sp³-hybridized carbons (Fsp3) is 0.364. The van der Waals surface area contributed by atoms with E-state index in [1.54, 1.807) is 13.0 Å². The Hall–Kier alpha value is -2.11. The standard InChI is InChI=1S/C11H14N2O4/c1-3-17-10(14)7-13-11(15)9-5-4-8(16-2)6-12-9/h4-6H,3,7H2,1-2H3,(H,13,15). The summed E-state index contributed by atoms with van der Waals surface area (Å²) in [5, 5.41) is 2.40. The first kappa shape index (κ1) is 13.0. The number of hydrogen-bond acceptors (Lipinski definition) is 5. The molecule has 0 aliphatic heterocycles. The molecule has 0 fully saturated rings. The van der Waals surface area contributed by atoms with Crippen LogP contribution in [0.15, 0.2) is 18.3 Å². The van der Waals surface area contributed by atoms with Gasteiger partial charge in [-0.15, -0.1) is 0 Å². The highest BCUT2D eigenvalue weighted by atomic mass is 16.5. The number of pyridine rings is 1. The Kier molecular flexibility index (Phi) is 4.93. The molecule has 1 heterocycles. The van der Waals surface area contributed by atoms with Crippen LogP contribution in [0.2, 0.25) is 0 Å². The lowest BCUT2D eigenvalue weighted by molar-refractivity contribution is -0.141. The number of hydrogen-bond donors (Lipinski definition) is 1. The maximum absolute atomic E-state index is 11.5. The lowest BCUT2D eigenvalue weighted by atomic mass is 10.3. The third kappa shape index (κ3) is 4.10. The molecule has 0 aromatic carbocycles. The van der Waals surface area contributed by atoms with Gasteiger partial charge in [-0.05, 0) is 19.1 Å². The highest BCUT2D eigenvalue weighted by molar-refractivity contribution is 5.94. The zero-order valence-electron chi connectivity index (χ0n) is 9.73. The predicted molar refractivity (Wildman–Crippen MR) is 59.8 cm³/mol. The Balaban J connectivity index is 2.49. The van der Waals surface area contributed by atoms with Crippen molar-refractivity contribution in [3.05, 3.63) is 24.0 Å². The maximum atomic E-state index is 11.5. The molecule has 17 heavy (non-hydrogen) atoms. The molecule has 1 N–H and O–H groups in total. The largest absolute Gasteiger partial charge is 0.495 e. The van der Waals surface area contributed by atoms with E-state index in [0.717, 1.165) is 0 Å².